The molecule has 0 atom stereocenters. The molecule has 6 aliphatic heterocycles. The fourth-order valence-corrected chi connectivity index (χ4v) is 15.5. The molecule has 0 radical (unpaired) electrons. The van der Waals surface area contributed by atoms with Crippen LogP contribution in [-0.2, 0) is 58.2 Å². The maximum Gasteiger partial charge on any atom is 0.328 e. The summed E-state index contributed by atoms with van der Waals surface area (Å²) in [6.45, 7) is 21.8. The molecule has 6 aromatic heterocycles. The average Bonchev–Trinajstić information content (AvgIpc) is 1.32. The minimum absolute atomic E-state index is 0.242. The second-order valence-corrected chi connectivity index (χ2v) is 31.3. The SMILES string of the molecule is CN1CCN=C1c1ccc2c(=O)n(C)c(=O)[nH]c2c1.Cn1c(=O)[nH]c2cc(NCCCN3CCOCC3)ccc2c1=O.Cn1c(=O)[nH]c2cc(NCCN3CCCC3)ccc2c1=O.Cn1c(=O)[nH]c2cc(NCCN3CCCCC3)ccc2c1=O.Cn1c(=O)[nH]c2cc(NCCN3CCOCC3)ccc2c1=O.Cn1c(=O)[nH]c2cc3c(cc2c1=O)CCN3. The lowest BCUT2D eigenvalue weighted by atomic mass is 10.1. The summed E-state index contributed by atoms with van der Waals surface area (Å²) in [5.74, 6) is 0.892. The number of ether oxygens (including phenoxy) is 2. The molecule has 4 saturated heterocycles. The zero-order valence-electron chi connectivity index (χ0n) is 70.6. The molecule has 11 N–H and O–H groups in total. The van der Waals surface area contributed by atoms with Crippen LogP contribution in [0.5, 0.6) is 0 Å². The highest BCUT2D eigenvalue weighted by Crippen LogP contribution is 2.26. The molecule has 652 valence electrons. The summed E-state index contributed by atoms with van der Waals surface area (Å²) < 4.78 is 17.1. The van der Waals surface area contributed by atoms with Gasteiger partial charge in [-0.15, -0.1) is 0 Å². The molecule has 37 nitrogen and oxygen atoms in total. The summed E-state index contributed by atoms with van der Waals surface area (Å²) in [7, 11) is 10.8. The van der Waals surface area contributed by atoms with Crippen molar-refractivity contribution in [2.75, 3.05) is 184 Å². The van der Waals surface area contributed by atoms with E-state index in [2.05, 4.69) is 86.0 Å². The first kappa shape index (κ1) is 88.0. The van der Waals surface area contributed by atoms with Gasteiger partial charge in [-0.2, -0.15) is 0 Å². The lowest BCUT2D eigenvalue weighted by molar-refractivity contribution is 0.0378. The molecule has 6 aromatic carbocycles. The van der Waals surface area contributed by atoms with Gasteiger partial charge in [-0.05, 0) is 174 Å². The molecule has 0 spiro atoms. The molecule has 0 unspecified atom stereocenters. The number of benzene rings is 6. The van der Waals surface area contributed by atoms with E-state index in [1.54, 1.807) is 42.5 Å². The van der Waals surface area contributed by atoms with Crippen molar-refractivity contribution in [2.45, 2.75) is 44.9 Å². The van der Waals surface area contributed by atoms with E-state index in [4.69, 9.17) is 9.47 Å². The number of likely N-dealkylation sites (tertiary alicyclic amines) is 2. The van der Waals surface area contributed by atoms with Crippen LogP contribution in [0.15, 0.2) is 166 Å². The molecule has 37 heteroatoms. The summed E-state index contributed by atoms with van der Waals surface area (Å²) in [4.78, 5) is 174. The van der Waals surface area contributed by atoms with Gasteiger partial charge in [0.1, 0.15) is 5.84 Å². The summed E-state index contributed by atoms with van der Waals surface area (Å²) in [5, 5.41) is 19.8. The Kier molecular flexibility index (Phi) is 29.1. The van der Waals surface area contributed by atoms with Crippen LogP contribution in [0.2, 0.25) is 0 Å². The van der Waals surface area contributed by atoms with Gasteiger partial charge in [-0.25, -0.2) is 28.8 Å². The Hall–Kier alpha value is -12.8. The number of anilines is 5. The number of amidine groups is 1. The zero-order valence-corrected chi connectivity index (χ0v) is 70.6. The average molecular weight is 1690 g/mol. The largest absolute Gasteiger partial charge is 0.385 e. The standard InChI is InChI=1S/C16H22N4O3.C16H22N4O2.C15H20N4O3.C15H20N4O2.C13H14N4O2.C11H11N3O2/c1-19-15(21)13-4-3-12(11-14(13)18-16(19)22)17-5-2-6-20-7-9-23-10-8-20;1-19-15(21)13-6-5-12(11-14(13)18-16(19)22)17-7-10-20-8-3-2-4-9-20;1-18-14(20)12-3-2-11(10-13(12)17-15(18)21)16-4-5-19-6-8-22-9-7-19;1-18-14(20)12-5-4-11(10-13(12)17-15(18)21)16-6-9-19-7-2-3-8-19;1-16-6-5-14-11(16)8-3-4-9-10(7-8)15-13(19)17(2)12(9)18;1-14-10(15)7-4-6-2-3-12-8(6)5-9(7)13-11(14)16/h3-4,11,17H,2,5-10H2,1H3,(H,18,22);5-6,11,17H,2-4,7-10H2,1H3,(H,18,22);2-3,10,16H,4-9H2,1H3,(H,17,21);4-5,10,16H,2-3,6-9H2,1H3,(H,17,21);3-4,7H,5-6H2,1-2H3,(H,15,19);4-5,12H,2-3H2,1H3,(H,13,16). The molecule has 12 heterocycles. The number of hydrogen-bond donors (Lipinski definition) is 11. The van der Waals surface area contributed by atoms with E-state index in [9.17, 15) is 57.5 Å². The maximum absolute atomic E-state index is 12.0. The summed E-state index contributed by atoms with van der Waals surface area (Å²) in [6, 6.07) is 30.9. The van der Waals surface area contributed by atoms with E-state index in [1.165, 1.54) is 101 Å². The summed E-state index contributed by atoms with van der Waals surface area (Å²) in [5.41, 5.74) is 6.17. The smallest absolute Gasteiger partial charge is 0.328 e. The number of morpholine rings is 2. The first-order chi connectivity index (χ1) is 59.3. The normalized spacial score (nSPS) is 15.5. The number of hydrogen-bond acceptors (Lipinski definition) is 25. The Morgan fingerprint density at radius 1 is 0.333 bits per heavy atom. The second kappa shape index (κ2) is 40.7. The van der Waals surface area contributed by atoms with Crippen LogP contribution >= 0.6 is 0 Å². The van der Waals surface area contributed by atoms with Gasteiger partial charge < -0.3 is 80.7 Å². The molecular formula is C86H109N23O14. The number of aliphatic imine (C=N–C) groups is 1. The van der Waals surface area contributed by atoms with E-state index in [0.29, 0.717) is 65.4 Å². The molecule has 0 aliphatic carbocycles. The Morgan fingerprint density at radius 3 is 1.02 bits per heavy atom. The van der Waals surface area contributed by atoms with Gasteiger partial charge in [0, 0.05) is 168 Å². The predicted molar refractivity (Wildman–Crippen MR) is 484 cm³/mol. The topological polar surface area (TPSA) is 436 Å². The number of piperidine rings is 1. The first-order valence-corrected chi connectivity index (χ1v) is 41.8. The predicted octanol–water partition coefficient (Wildman–Crippen LogP) is 2.30. The third-order valence-electron chi connectivity index (χ3n) is 23.0. The van der Waals surface area contributed by atoms with E-state index in [-0.39, 0.29) is 50.4 Å². The van der Waals surface area contributed by atoms with E-state index >= 15 is 0 Å². The lowest BCUT2D eigenvalue weighted by Gasteiger charge is -2.26. The molecule has 0 amide bonds. The highest BCUT2D eigenvalue weighted by atomic mass is 16.5. The first-order valence-electron chi connectivity index (χ1n) is 41.8. The van der Waals surface area contributed by atoms with Crippen molar-refractivity contribution in [3.8, 4) is 0 Å². The number of H-pyrrole nitrogens is 6. The van der Waals surface area contributed by atoms with Crippen LogP contribution in [0.25, 0.3) is 65.4 Å². The van der Waals surface area contributed by atoms with Crippen LogP contribution in [0.3, 0.4) is 0 Å². The minimum atomic E-state index is -0.406. The van der Waals surface area contributed by atoms with Crippen LogP contribution in [-0.4, -0.2) is 245 Å². The number of likely N-dealkylation sites (N-methyl/N-ethyl adjacent to an activating group) is 1. The van der Waals surface area contributed by atoms with Crippen molar-refractivity contribution in [3.63, 3.8) is 0 Å². The lowest BCUT2D eigenvalue weighted by Crippen LogP contribution is -2.39. The second-order valence-electron chi connectivity index (χ2n) is 31.3. The third kappa shape index (κ3) is 21.7. The highest BCUT2D eigenvalue weighted by molar-refractivity contribution is 6.02. The fourth-order valence-electron chi connectivity index (χ4n) is 15.5. The summed E-state index contributed by atoms with van der Waals surface area (Å²) in [6.07, 6.45) is 8.47. The highest BCUT2D eigenvalue weighted by Gasteiger charge is 2.20. The van der Waals surface area contributed by atoms with Gasteiger partial charge in [0.25, 0.3) is 33.4 Å². The molecular weight excluding hydrogens is 1580 g/mol. The van der Waals surface area contributed by atoms with Crippen LogP contribution in [0.4, 0.5) is 28.4 Å². The Balaban J connectivity index is 0.000000127. The Morgan fingerprint density at radius 2 is 0.650 bits per heavy atom. The molecule has 0 saturated carbocycles. The number of aromatic amines is 6. The van der Waals surface area contributed by atoms with E-state index in [0.717, 1.165) is 210 Å². The minimum Gasteiger partial charge on any atom is -0.385 e. The van der Waals surface area contributed by atoms with Gasteiger partial charge in [0.05, 0.1) is 98.4 Å². The number of fused-ring (bicyclic) bond motifs is 7. The van der Waals surface area contributed by atoms with E-state index < -0.39 is 17.1 Å². The Labute approximate surface area is 703 Å². The molecule has 4 fully saturated rings. The van der Waals surface area contributed by atoms with Crippen molar-refractivity contribution in [1.29, 1.82) is 0 Å². The Bertz CT molecular complexity index is 6510. The van der Waals surface area contributed by atoms with Crippen LogP contribution in [0, 0.1) is 0 Å². The quantitative estimate of drug-likeness (QED) is 0.0549. The van der Waals surface area contributed by atoms with Crippen molar-refractivity contribution in [3.05, 3.63) is 239 Å². The van der Waals surface area contributed by atoms with Crippen molar-refractivity contribution >= 4 is 99.7 Å². The van der Waals surface area contributed by atoms with Crippen LogP contribution < -0.4 is 94.1 Å². The monoisotopic (exact) mass is 1690 g/mol. The molecule has 18 rings (SSSR count). The maximum atomic E-state index is 12.0. The third-order valence-corrected chi connectivity index (χ3v) is 23.0. The van der Waals surface area contributed by atoms with Gasteiger partial charge in [-0.3, -0.25) is 71.0 Å². The van der Waals surface area contributed by atoms with Gasteiger partial charge in [0.15, 0.2) is 0 Å². The molecule has 123 heavy (non-hydrogen) atoms. The molecule has 0 bridgehead atoms. The number of aromatic nitrogens is 12. The van der Waals surface area contributed by atoms with Crippen molar-refractivity contribution in [2.24, 2.45) is 47.3 Å². The van der Waals surface area contributed by atoms with Crippen molar-refractivity contribution in [1.82, 2.24) is 81.8 Å². The fraction of sp³-hybridized carbons (Fsp3) is 0.430. The number of rotatable bonds is 18. The van der Waals surface area contributed by atoms with Gasteiger partial charge in [0.2, 0.25) is 0 Å². The van der Waals surface area contributed by atoms with Gasteiger partial charge >= 0.3 is 34.1 Å². The van der Waals surface area contributed by atoms with E-state index in [1.807, 2.05) is 67.7 Å². The zero-order chi connectivity index (χ0) is 87.0. The van der Waals surface area contributed by atoms with Crippen molar-refractivity contribution < 1.29 is 9.47 Å². The summed E-state index contributed by atoms with van der Waals surface area (Å²) >= 11 is 0. The number of nitrogens with one attached hydrogen (secondary N) is 11. The van der Waals surface area contributed by atoms with Gasteiger partial charge in [-0.1, -0.05) is 12.5 Å². The molecule has 6 aliphatic rings. The number of nitrogens with zero attached hydrogens (tertiary/aromatic N) is 12. The molecule has 12 aromatic rings. The van der Waals surface area contributed by atoms with Crippen LogP contribution in [0.1, 0.15) is 49.7 Å².